The predicted molar refractivity (Wildman–Crippen MR) is 164 cm³/mol. The van der Waals surface area contributed by atoms with E-state index in [4.69, 9.17) is 16.3 Å². The summed E-state index contributed by atoms with van der Waals surface area (Å²) >= 11 is 6.25. The second kappa shape index (κ2) is 12.7. The number of methoxy groups -OCH3 is 1. The van der Waals surface area contributed by atoms with Gasteiger partial charge in [0.15, 0.2) is 0 Å². The van der Waals surface area contributed by atoms with Gasteiger partial charge in [-0.25, -0.2) is 4.79 Å². The lowest BCUT2D eigenvalue weighted by atomic mass is 9.91. The molecule has 0 radical (unpaired) electrons. The molecule has 11 nitrogen and oxygen atoms in total. The second-order valence-corrected chi connectivity index (χ2v) is 11.0. The maximum atomic E-state index is 13.9. The summed E-state index contributed by atoms with van der Waals surface area (Å²) in [6.45, 7) is 1.02. The molecule has 2 aliphatic heterocycles. The van der Waals surface area contributed by atoms with Crippen LogP contribution in [0.5, 0.6) is 0 Å². The molecule has 6 rings (SSSR count). The molecule has 1 saturated heterocycles. The SMILES string of the molecule is COC(=O)N1CCCC1c1ccc(NC(=O)[C@@H]2c3ccccc3CCN2C(=O)/C=C/c2cc(Cl)ccc2-n2cnnn2)cc1. The Labute approximate surface area is 259 Å². The molecule has 0 spiro atoms. The van der Waals surface area contributed by atoms with Crippen LogP contribution in [0.4, 0.5) is 10.5 Å². The number of anilines is 1. The van der Waals surface area contributed by atoms with Gasteiger partial charge < -0.3 is 19.9 Å². The molecule has 1 fully saturated rings. The van der Waals surface area contributed by atoms with Crippen molar-refractivity contribution in [2.45, 2.75) is 31.3 Å². The molecule has 44 heavy (non-hydrogen) atoms. The maximum Gasteiger partial charge on any atom is 0.409 e. The number of nitrogens with one attached hydrogen (secondary N) is 1. The summed E-state index contributed by atoms with van der Waals surface area (Å²) in [5.74, 6) is -0.636. The standard InChI is InChI=1S/C32H30ClN7O4/c1-44-32(43)38-17-4-7-27(38)22-8-12-25(13-9-22)35-31(42)30-26-6-3-2-5-21(26)16-18-39(30)29(41)15-10-23-19-24(33)11-14-28(23)40-20-34-36-37-40/h2-3,5-6,8-15,19-20,27,30H,4,7,16-18H2,1H3,(H,35,42)/b15-10+/t27?,30-/m0/s1. The number of carbonyl (C=O) groups is 3. The molecule has 4 aromatic rings. The van der Waals surface area contributed by atoms with Crippen LogP contribution in [0.25, 0.3) is 11.8 Å². The minimum atomic E-state index is -0.834. The lowest BCUT2D eigenvalue weighted by molar-refractivity contribution is -0.135. The van der Waals surface area contributed by atoms with E-state index >= 15 is 0 Å². The Morgan fingerprint density at radius 2 is 1.84 bits per heavy atom. The van der Waals surface area contributed by atoms with Crippen LogP contribution in [0.1, 0.15) is 47.2 Å². The largest absolute Gasteiger partial charge is 0.453 e. The number of rotatable bonds is 6. The number of hydrogen-bond donors (Lipinski definition) is 1. The minimum absolute atomic E-state index is 0.0712. The molecule has 3 heterocycles. The third-order valence-corrected chi connectivity index (χ3v) is 8.27. The molecular formula is C32H30ClN7O4. The molecule has 2 aliphatic rings. The first-order chi connectivity index (χ1) is 21.4. The van der Waals surface area contributed by atoms with Gasteiger partial charge >= 0.3 is 6.09 Å². The fourth-order valence-corrected chi connectivity index (χ4v) is 6.11. The predicted octanol–water partition coefficient (Wildman–Crippen LogP) is 5.00. The summed E-state index contributed by atoms with van der Waals surface area (Å²) in [5.41, 5.74) is 4.67. The fraction of sp³-hybridized carbons (Fsp3) is 0.250. The smallest absolute Gasteiger partial charge is 0.409 e. The number of tetrazole rings is 1. The van der Waals surface area contributed by atoms with Gasteiger partial charge in [0.2, 0.25) is 5.91 Å². The van der Waals surface area contributed by atoms with Crippen LogP contribution >= 0.6 is 11.6 Å². The second-order valence-electron chi connectivity index (χ2n) is 10.6. The van der Waals surface area contributed by atoms with E-state index in [1.165, 1.54) is 24.2 Å². The van der Waals surface area contributed by atoms with Gasteiger partial charge in [-0.15, -0.1) is 5.10 Å². The van der Waals surface area contributed by atoms with Crippen molar-refractivity contribution in [2.24, 2.45) is 0 Å². The number of nitrogens with zero attached hydrogens (tertiary/aromatic N) is 6. The minimum Gasteiger partial charge on any atom is -0.453 e. The van der Waals surface area contributed by atoms with Crippen LogP contribution in [-0.2, 0) is 20.7 Å². The van der Waals surface area contributed by atoms with E-state index in [1.807, 2.05) is 48.5 Å². The molecule has 3 amide bonds. The molecule has 0 aliphatic carbocycles. The van der Waals surface area contributed by atoms with Gasteiger partial charge in [-0.3, -0.25) is 9.59 Å². The number of amides is 3. The third-order valence-electron chi connectivity index (χ3n) is 8.03. The first kappa shape index (κ1) is 29.1. The number of likely N-dealkylation sites (tertiary alicyclic amines) is 1. The van der Waals surface area contributed by atoms with Crippen LogP contribution in [0, 0.1) is 0 Å². The van der Waals surface area contributed by atoms with Crippen LogP contribution in [-0.4, -0.2) is 68.1 Å². The van der Waals surface area contributed by atoms with E-state index in [2.05, 4.69) is 20.8 Å². The summed E-state index contributed by atoms with van der Waals surface area (Å²) in [6, 6.07) is 19.4. The zero-order valence-electron chi connectivity index (χ0n) is 24.0. The molecule has 12 heteroatoms. The average Bonchev–Trinajstić information content (AvgIpc) is 3.76. The van der Waals surface area contributed by atoms with Gasteiger partial charge in [0.25, 0.3) is 5.91 Å². The molecule has 3 aromatic carbocycles. The van der Waals surface area contributed by atoms with Crippen molar-refractivity contribution >= 4 is 41.3 Å². The van der Waals surface area contributed by atoms with Crippen molar-refractivity contribution in [2.75, 3.05) is 25.5 Å². The number of hydrogen-bond acceptors (Lipinski definition) is 7. The van der Waals surface area contributed by atoms with Crippen molar-refractivity contribution in [3.05, 3.63) is 106 Å². The number of benzene rings is 3. The van der Waals surface area contributed by atoms with Crippen molar-refractivity contribution in [3.63, 3.8) is 0 Å². The van der Waals surface area contributed by atoms with E-state index < -0.39 is 6.04 Å². The lowest BCUT2D eigenvalue weighted by Crippen LogP contribution is -2.44. The lowest BCUT2D eigenvalue weighted by Gasteiger charge is -2.35. The van der Waals surface area contributed by atoms with Gasteiger partial charge in [0, 0.05) is 35.4 Å². The fourth-order valence-electron chi connectivity index (χ4n) is 5.93. The zero-order valence-corrected chi connectivity index (χ0v) is 24.7. The van der Waals surface area contributed by atoms with Crippen LogP contribution < -0.4 is 5.32 Å². The summed E-state index contributed by atoms with van der Waals surface area (Å²) in [6.07, 6.45) is 6.57. The Morgan fingerprint density at radius 1 is 1.02 bits per heavy atom. The number of ether oxygens (including phenoxy) is 1. The Kier molecular flexibility index (Phi) is 8.38. The van der Waals surface area contributed by atoms with E-state index in [-0.39, 0.29) is 23.9 Å². The van der Waals surface area contributed by atoms with Gasteiger partial charge in [0.05, 0.1) is 18.8 Å². The highest BCUT2D eigenvalue weighted by Crippen LogP contribution is 2.34. The van der Waals surface area contributed by atoms with E-state index in [0.717, 1.165) is 29.5 Å². The molecular weight excluding hydrogens is 582 g/mol. The average molecular weight is 612 g/mol. The topological polar surface area (TPSA) is 123 Å². The highest BCUT2D eigenvalue weighted by molar-refractivity contribution is 6.30. The van der Waals surface area contributed by atoms with Crippen molar-refractivity contribution in [1.29, 1.82) is 0 Å². The summed E-state index contributed by atoms with van der Waals surface area (Å²) in [7, 11) is 1.38. The van der Waals surface area contributed by atoms with Gasteiger partial charge in [-0.2, -0.15) is 4.68 Å². The maximum absolute atomic E-state index is 13.9. The van der Waals surface area contributed by atoms with Gasteiger partial charge in [-0.05, 0) is 82.8 Å². The molecule has 2 atom stereocenters. The van der Waals surface area contributed by atoms with Gasteiger partial charge in [-0.1, -0.05) is 48.0 Å². The van der Waals surface area contributed by atoms with Crippen LogP contribution in [0.2, 0.25) is 5.02 Å². The summed E-state index contributed by atoms with van der Waals surface area (Å²) in [5, 5.41) is 14.8. The summed E-state index contributed by atoms with van der Waals surface area (Å²) in [4.78, 5) is 43.0. The third kappa shape index (κ3) is 5.91. The van der Waals surface area contributed by atoms with Crippen molar-refractivity contribution < 1.29 is 19.1 Å². The highest BCUT2D eigenvalue weighted by atomic mass is 35.5. The van der Waals surface area contributed by atoms with Crippen LogP contribution in [0.3, 0.4) is 0 Å². The Balaban J connectivity index is 1.23. The van der Waals surface area contributed by atoms with E-state index in [9.17, 15) is 14.4 Å². The Bertz CT molecular complexity index is 1710. The molecule has 1 unspecified atom stereocenters. The molecule has 224 valence electrons. The Morgan fingerprint density at radius 3 is 2.61 bits per heavy atom. The number of fused-ring (bicyclic) bond motifs is 1. The first-order valence-corrected chi connectivity index (χ1v) is 14.7. The monoisotopic (exact) mass is 611 g/mol. The van der Waals surface area contributed by atoms with Crippen molar-refractivity contribution in [1.82, 2.24) is 30.0 Å². The molecule has 0 bridgehead atoms. The normalized spacial score (nSPS) is 17.9. The zero-order chi connectivity index (χ0) is 30.6. The molecule has 1 N–H and O–H groups in total. The summed E-state index contributed by atoms with van der Waals surface area (Å²) < 4.78 is 6.42. The first-order valence-electron chi connectivity index (χ1n) is 14.3. The quantitative estimate of drug-likeness (QED) is 0.305. The van der Waals surface area contributed by atoms with E-state index in [0.29, 0.717) is 41.5 Å². The van der Waals surface area contributed by atoms with Crippen molar-refractivity contribution in [3.8, 4) is 5.69 Å². The number of carbonyl (C=O) groups excluding carboxylic acids is 3. The molecule has 1 aromatic heterocycles. The van der Waals surface area contributed by atoms with Gasteiger partial charge in [0.1, 0.15) is 12.4 Å². The number of halogens is 1. The van der Waals surface area contributed by atoms with E-state index in [1.54, 1.807) is 34.1 Å². The van der Waals surface area contributed by atoms with Crippen LogP contribution in [0.15, 0.2) is 79.1 Å². The Hall–Kier alpha value is -5.03. The molecule has 0 saturated carbocycles. The number of aromatic nitrogens is 4. The highest BCUT2D eigenvalue weighted by Gasteiger charge is 2.35.